The highest BCUT2D eigenvalue weighted by molar-refractivity contribution is 5.89. The van der Waals surface area contributed by atoms with Gasteiger partial charge >= 0.3 is 0 Å². The summed E-state index contributed by atoms with van der Waals surface area (Å²) in [6.45, 7) is 0.968. The van der Waals surface area contributed by atoms with Crippen LogP contribution in [-0.2, 0) is 12.8 Å². The number of rotatable bonds is 2. The molecule has 2 heterocycles. The predicted molar refractivity (Wildman–Crippen MR) is 58.3 cm³/mol. The first kappa shape index (κ1) is 8.80. The quantitative estimate of drug-likeness (QED) is 0.779. The van der Waals surface area contributed by atoms with Crippen molar-refractivity contribution in [2.45, 2.75) is 12.8 Å². The Hall–Kier alpha value is -1.48. The standard InChI is InChI=1S/C12H13NO2/c14-5-3-8-7-13-10-1-2-11-9(12(8)10)4-6-15-11/h1-2,7,13-14H,3-6H2. The van der Waals surface area contributed by atoms with Gasteiger partial charge in [0.15, 0.2) is 0 Å². The highest BCUT2D eigenvalue weighted by atomic mass is 16.5. The number of nitrogens with one attached hydrogen (secondary N) is 1. The van der Waals surface area contributed by atoms with Crippen LogP contribution < -0.4 is 4.74 Å². The Bertz CT molecular complexity index is 502. The number of aliphatic hydroxyl groups excluding tert-OH is 1. The van der Waals surface area contributed by atoms with E-state index in [4.69, 9.17) is 9.84 Å². The molecule has 1 aromatic carbocycles. The molecule has 3 heteroatoms. The molecule has 1 aliphatic rings. The summed E-state index contributed by atoms with van der Waals surface area (Å²) in [6, 6.07) is 4.06. The molecule has 0 aliphatic carbocycles. The number of H-pyrrole nitrogens is 1. The van der Waals surface area contributed by atoms with E-state index in [2.05, 4.69) is 4.98 Å². The SMILES string of the molecule is OCCc1c[nH]c2ccc3c(c12)CCO3. The fraction of sp³-hybridized carbons (Fsp3) is 0.333. The lowest BCUT2D eigenvalue weighted by molar-refractivity contribution is 0.300. The summed E-state index contributed by atoms with van der Waals surface area (Å²) in [6.07, 6.45) is 3.67. The van der Waals surface area contributed by atoms with Gasteiger partial charge in [-0.3, -0.25) is 0 Å². The van der Waals surface area contributed by atoms with E-state index in [1.165, 1.54) is 16.5 Å². The van der Waals surface area contributed by atoms with Crippen LogP contribution in [0.15, 0.2) is 18.3 Å². The van der Waals surface area contributed by atoms with E-state index >= 15 is 0 Å². The number of aliphatic hydroxyl groups is 1. The van der Waals surface area contributed by atoms with Gasteiger partial charge in [-0.25, -0.2) is 0 Å². The van der Waals surface area contributed by atoms with Crippen LogP contribution in [0.25, 0.3) is 10.9 Å². The zero-order valence-corrected chi connectivity index (χ0v) is 8.42. The van der Waals surface area contributed by atoms with Gasteiger partial charge < -0.3 is 14.8 Å². The molecule has 15 heavy (non-hydrogen) atoms. The monoisotopic (exact) mass is 203 g/mol. The Morgan fingerprint density at radius 2 is 2.33 bits per heavy atom. The van der Waals surface area contributed by atoms with Crippen molar-refractivity contribution in [1.82, 2.24) is 4.98 Å². The number of benzene rings is 1. The molecule has 0 bridgehead atoms. The molecule has 3 nitrogen and oxygen atoms in total. The predicted octanol–water partition coefficient (Wildman–Crippen LogP) is 1.64. The van der Waals surface area contributed by atoms with Crippen molar-refractivity contribution in [2.75, 3.05) is 13.2 Å². The van der Waals surface area contributed by atoms with Crippen LogP contribution in [-0.4, -0.2) is 23.3 Å². The van der Waals surface area contributed by atoms with Crippen LogP contribution in [0.1, 0.15) is 11.1 Å². The third kappa shape index (κ3) is 1.23. The van der Waals surface area contributed by atoms with Crippen molar-refractivity contribution in [2.24, 2.45) is 0 Å². The molecule has 0 atom stereocenters. The second-order valence-corrected chi connectivity index (χ2v) is 3.85. The van der Waals surface area contributed by atoms with Crippen molar-refractivity contribution in [3.05, 3.63) is 29.5 Å². The molecule has 0 amide bonds. The third-order valence-corrected chi connectivity index (χ3v) is 2.98. The smallest absolute Gasteiger partial charge is 0.123 e. The topological polar surface area (TPSA) is 45.2 Å². The number of hydrogen-bond acceptors (Lipinski definition) is 2. The van der Waals surface area contributed by atoms with Gasteiger partial charge in [0.05, 0.1) is 6.61 Å². The lowest BCUT2D eigenvalue weighted by Gasteiger charge is -2.02. The minimum Gasteiger partial charge on any atom is -0.493 e. The summed E-state index contributed by atoms with van der Waals surface area (Å²) in [5.41, 5.74) is 3.62. The van der Waals surface area contributed by atoms with E-state index < -0.39 is 0 Å². The molecule has 0 fully saturated rings. The van der Waals surface area contributed by atoms with E-state index in [0.29, 0.717) is 6.42 Å². The molecule has 0 unspecified atom stereocenters. The molecular formula is C12H13NO2. The molecule has 0 saturated carbocycles. The largest absolute Gasteiger partial charge is 0.493 e. The minimum absolute atomic E-state index is 0.192. The first-order valence-electron chi connectivity index (χ1n) is 5.25. The van der Waals surface area contributed by atoms with Crippen molar-refractivity contribution in [1.29, 1.82) is 0 Å². The molecular weight excluding hydrogens is 190 g/mol. The number of aromatic amines is 1. The number of ether oxygens (including phenoxy) is 1. The van der Waals surface area contributed by atoms with Gasteiger partial charge in [-0.1, -0.05) is 0 Å². The summed E-state index contributed by atoms with van der Waals surface area (Å²) in [4.78, 5) is 3.24. The highest BCUT2D eigenvalue weighted by Crippen LogP contribution is 2.34. The maximum absolute atomic E-state index is 9.00. The van der Waals surface area contributed by atoms with Gasteiger partial charge in [-0.15, -0.1) is 0 Å². The van der Waals surface area contributed by atoms with Crippen LogP contribution in [0.3, 0.4) is 0 Å². The van der Waals surface area contributed by atoms with Crippen LogP contribution in [0.4, 0.5) is 0 Å². The number of hydrogen-bond donors (Lipinski definition) is 2. The summed E-state index contributed by atoms with van der Waals surface area (Å²) in [7, 11) is 0. The van der Waals surface area contributed by atoms with Crippen LogP contribution in [0.5, 0.6) is 5.75 Å². The van der Waals surface area contributed by atoms with Crippen LogP contribution in [0, 0.1) is 0 Å². The summed E-state index contributed by atoms with van der Waals surface area (Å²) in [5, 5.41) is 10.3. The van der Waals surface area contributed by atoms with Crippen molar-refractivity contribution < 1.29 is 9.84 Å². The van der Waals surface area contributed by atoms with E-state index in [-0.39, 0.29) is 6.61 Å². The first-order valence-corrected chi connectivity index (χ1v) is 5.25. The fourth-order valence-electron chi connectivity index (χ4n) is 2.32. The number of aromatic nitrogens is 1. The van der Waals surface area contributed by atoms with Gasteiger partial charge in [-0.05, 0) is 24.1 Å². The average Bonchev–Trinajstić information content (AvgIpc) is 2.83. The summed E-state index contributed by atoms with van der Waals surface area (Å²) < 4.78 is 5.53. The van der Waals surface area contributed by atoms with Gasteiger partial charge in [-0.2, -0.15) is 0 Å². The first-order chi connectivity index (χ1) is 7.40. The maximum atomic E-state index is 9.00. The lowest BCUT2D eigenvalue weighted by Crippen LogP contribution is -1.90. The molecule has 2 aromatic rings. The summed E-state index contributed by atoms with van der Waals surface area (Å²) in [5.74, 6) is 1.00. The average molecular weight is 203 g/mol. The van der Waals surface area contributed by atoms with Gasteiger partial charge in [0.2, 0.25) is 0 Å². The van der Waals surface area contributed by atoms with Crippen LogP contribution in [0.2, 0.25) is 0 Å². The molecule has 3 rings (SSSR count). The second-order valence-electron chi connectivity index (χ2n) is 3.85. The van der Waals surface area contributed by atoms with Gasteiger partial charge in [0.1, 0.15) is 5.75 Å². The van der Waals surface area contributed by atoms with E-state index in [1.807, 2.05) is 18.3 Å². The van der Waals surface area contributed by atoms with Crippen LogP contribution >= 0.6 is 0 Å². The van der Waals surface area contributed by atoms with Crippen molar-refractivity contribution in [3.8, 4) is 5.75 Å². The minimum atomic E-state index is 0.192. The van der Waals surface area contributed by atoms with E-state index in [0.717, 1.165) is 24.3 Å². The van der Waals surface area contributed by atoms with Gasteiger partial charge in [0, 0.05) is 35.7 Å². The lowest BCUT2D eigenvalue weighted by atomic mass is 10.0. The third-order valence-electron chi connectivity index (χ3n) is 2.98. The highest BCUT2D eigenvalue weighted by Gasteiger charge is 2.17. The zero-order chi connectivity index (χ0) is 10.3. The molecule has 2 N–H and O–H groups in total. The Balaban J connectivity index is 2.26. The molecule has 1 aliphatic heterocycles. The second kappa shape index (κ2) is 3.28. The van der Waals surface area contributed by atoms with Crippen molar-refractivity contribution in [3.63, 3.8) is 0 Å². The van der Waals surface area contributed by atoms with E-state index in [1.54, 1.807) is 0 Å². The fourth-order valence-corrected chi connectivity index (χ4v) is 2.32. The Kier molecular flexibility index (Phi) is 1.92. The maximum Gasteiger partial charge on any atom is 0.123 e. The Morgan fingerprint density at radius 3 is 3.20 bits per heavy atom. The normalized spacial score (nSPS) is 14.2. The molecule has 0 saturated heterocycles. The number of fused-ring (bicyclic) bond motifs is 3. The van der Waals surface area contributed by atoms with E-state index in [9.17, 15) is 0 Å². The molecule has 0 radical (unpaired) electrons. The molecule has 78 valence electrons. The molecule has 0 spiro atoms. The Morgan fingerprint density at radius 1 is 1.40 bits per heavy atom. The zero-order valence-electron chi connectivity index (χ0n) is 8.42. The molecule has 1 aromatic heterocycles. The van der Waals surface area contributed by atoms with Crippen molar-refractivity contribution >= 4 is 10.9 Å². The van der Waals surface area contributed by atoms with Gasteiger partial charge in [0.25, 0.3) is 0 Å². The summed E-state index contributed by atoms with van der Waals surface area (Å²) >= 11 is 0. The Labute approximate surface area is 87.7 Å².